The molecule has 104 valence electrons. The Morgan fingerprint density at radius 3 is 2.42 bits per heavy atom. The van der Waals surface area contributed by atoms with E-state index in [0.717, 1.165) is 0 Å². The predicted molar refractivity (Wildman–Crippen MR) is 65.9 cm³/mol. The van der Waals surface area contributed by atoms with Crippen molar-refractivity contribution in [2.75, 3.05) is 5.75 Å². The first-order valence-electron chi connectivity index (χ1n) is 5.52. The summed E-state index contributed by atoms with van der Waals surface area (Å²) < 4.78 is 39.0. The zero-order valence-corrected chi connectivity index (χ0v) is 11.3. The highest BCUT2D eigenvalue weighted by Crippen LogP contribution is 2.02. The fourth-order valence-electron chi connectivity index (χ4n) is 1.39. The lowest BCUT2D eigenvalue weighted by Gasteiger charge is -2.17. The average Bonchev–Trinajstić information content (AvgIpc) is 2.27. The Hall–Kier alpha value is -1.73. The van der Waals surface area contributed by atoms with Crippen LogP contribution in [0.4, 0.5) is 0 Å². The Morgan fingerprint density at radius 2 is 1.95 bits per heavy atom. The van der Waals surface area contributed by atoms with Gasteiger partial charge < -0.3 is 9.29 Å². The molecule has 0 aliphatic heterocycles. The van der Waals surface area contributed by atoms with Gasteiger partial charge in [0.15, 0.2) is 25.0 Å². The van der Waals surface area contributed by atoms with Gasteiger partial charge in [0.2, 0.25) is 0 Å². The molecule has 0 saturated carbocycles. The maximum absolute atomic E-state index is 11.4. The summed E-state index contributed by atoms with van der Waals surface area (Å²) >= 11 is 0. The molecular formula is C12H15NO5S. The molecule has 0 aromatic carbocycles. The van der Waals surface area contributed by atoms with Crippen LogP contribution >= 0.6 is 0 Å². The molecule has 0 saturated heterocycles. The SMILES string of the molecule is C=C(C)C(=O)OC(C[n+]1ccccc1)CS(=O)(=O)[O-]. The molecule has 1 unspecified atom stereocenters. The van der Waals surface area contributed by atoms with Gasteiger partial charge in [-0.25, -0.2) is 17.8 Å². The van der Waals surface area contributed by atoms with Gasteiger partial charge in [-0.3, -0.25) is 0 Å². The van der Waals surface area contributed by atoms with Crippen molar-refractivity contribution in [3.05, 3.63) is 42.7 Å². The predicted octanol–water partition coefficient (Wildman–Crippen LogP) is 0.00720. The number of rotatable bonds is 6. The number of aromatic nitrogens is 1. The summed E-state index contributed by atoms with van der Waals surface area (Å²) in [6.07, 6.45) is 2.32. The van der Waals surface area contributed by atoms with Crippen molar-refractivity contribution in [1.29, 1.82) is 0 Å². The Morgan fingerprint density at radius 1 is 1.37 bits per heavy atom. The van der Waals surface area contributed by atoms with Gasteiger partial charge in [-0.05, 0) is 6.92 Å². The minimum atomic E-state index is -4.48. The lowest BCUT2D eigenvalue weighted by atomic mass is 10.3. The van der Waals surface area contributed by atoms with Crippen LogP contribution in [0.25, 0.3) is 0 Å². The molecule has 7 heteroatoms. The molecule has 0 bridgehead atoms. The van der Waals surface area contributed by atoms with Gasteiger partial charge in [-0.1, -0.05) is 12.6 Å². The van der Waals surface area contributed by atoms with E-state index < -0.39 is 27.9 Å². The third-order valence-electron chi connectivity index (χ3n) is 2.20. The normalized spacial score (nSPS) is 12.7. The highest BCUT2D eigenvalue weighted by molar-refractivity contribution is 7.85. The molecule has 1 aromatic heterocycles. The molecule has 0 amide bonds. The molecule has 1 rings (SSSR count). The zero-order chi connectivity index (χ0) is 14.5. The van der Waals surface area contributed by atoms with Crippen LogP contribution in [0.3, 0.4) is 0 Å². The maximum Gasteiger partial charge on any atom is 0.333 e. The van der Waals surface area contributed by atoms with Gasteiger partial charge in [0.1, 0.15) is 0 Å². The van der Waals surface area contributed by atoms with Gasteiger partial charge in [-0.15, -0.1) is 0 Å². The second kappa shape index (κ2) is 6.44. The fraction of sp³-hybridized carbons (Fsp3) is 0.333. The van der Waals surface area contributed by atoms with Crippen LogP contribution in [0.2, 0.25) is 0 Å². The van der Waals surface area contributed by atoms with Crippen LogP contribution in [0.5, 0.6) is 0 Å². The van der Waals surface area contributed by atoms with Crippen LogP contribution in [0, 0.1) is 0 Å². The number of carbonyl (C=O) groups excluding carboxylic acids is 1. The molecule has 1 aromatic rings. The van der Waals surface area contributed by atoms with Gasteiger partial charge >= 0.3 is 5.97 Å². The number of carbonyl (C=O) groups is 1. The Bertz CT molecular complexity index is 553. The van der Waals surface area contributed by atoms with E-state index in [4.69, 9.17) is 4.74 Å². The number of esters is 1. The van der Waals surface area contributed by atoms with Crippen LogP contribution in [0.1, 0.15) is 6.92 Å². The number of pyridine rings is 1. The first kappa shape index (κ1) is 15.3. The van der Waals surface area contributed by atoms with Crippen LogP contribution in [0.15, 0.2) is 42.7 Å². The van der Waals surface area contributed by atoms with Crippen LogP contribution < -0.4 is 4.57 Å². The number of hydrogen-bond donors (Lipinski definition) is 0. The van der Waals surface area contributed by atoms with E-state index in [9.17, 15) is 17.8 Å². The Balaban J connectivity index is 2.80. The summed E-state index contributed by atoms with van der Waals surface area (Å²) in [6, 6.07) is 5.27. The van der Waals surface area contributed by atoms with Crippen LogP contribution in [-0.2, 0) is 26.2 Å². The quantitative estimate of drug-likeness (QED) is 0.318. The first-order chi connectivity index (χ1) is 8.78. The second-order valence-corrected chi connectivity index (χ2v) is 5.55. The van der Waals surface area contributed by atoms with Crippen molar-refractivity contribution < 1.29 is 27.1 Å². The van der Waals surface area contributed by atoms with Crippen molar-refractivity contribution in [2.45, 2.75) is 19.6 Å². The third-order valence-corrected chi connectivity index (χ3v) is 2.98. The summed E-state index contributed by atoms with van der Waals surface area (Å²) in [5.41, 5.74) is 0.145. The highest BCUT2D eigenvalue weighted by atomic mass is 32.2. The lowest BCUT2D eigenvalue weighted by Crippen LogP contribution is -2.43. The smallest absolute Gasteiger partial charge is 0.333 e. The Kier molecular flexibility index (Phi) is 5.20. The highest BCUT2D eigenvalue weighted by Gasteiger charge is 2.22. The summed E-state index contributed by atoms with van der Waals surface area (Å²) in [4.78, 5) is 11.4. The van der Waals surface area contributed by atoms with Crippen LogP contribution in [-0.4, -0.2) is 30.8 Å². The summed E-state index contributed by atoms with van der Waals surface area (Å²) in [5, 5.41) is 0. The van der Waals surface area contributed by atoms with Crippen molar-refractivity contribution in [2.24, 2.45) is 0 Å². The Labute approximate surface area is 112 Å². The minimum absolute atomic E-state index is 0.0847. The number of hydrogen-bond acceptors (Lipinski definition) is 5. The molecule has 0 fully saturated rings. The monoisotopic (exact) mass is 285 g/mol. The van der Waals surface area contributed by atoms with Crippen molar-refractivity contribution in [3.8, 4) is 0 Å². The zero-order valence-electron chi connectivity index (χ0n) is 10.5. The maximum atomic E-state index is 11.4. The van der Waals surface area contributed by atoms with Crippen molar-refractivity contribution in [3.63, 3.8) is 0 Å². The fourth-order valence-corrected chi connectivity index (χ4v) is 2.02. The molecular weight excluding hydrogens is 270 g/mol. The topological polar surface area (TPSA) is 87.4 Å². The largest absolute Gasteiger partial charge is 0.748 e. The van der Waals surface area contributed by atoms with Crippen molar-refractivity contribution in [1.82, 2.24) is 0 Å². The van der Waals surface area contributed by atoms with E-state index in [1.807, 2.05) is 0 Å². The summed E-state index contributed by atoms with van der Waals surface area (Å²) in [5.74, 6) is -1.49. The van der Waals surface area contributed by atoms with E-state index in [-0.39, 0.29) is 12.1 Å². The molecule has 0 N–H and O–H groups in total. The molecule has 1 heterocycles. The molecule has 0 aliphatic rings. The van der Waals surface area contributed by atoms with E-state index in [2.05, 4.69) is 6.58 Å². The molecule has 0 spiro atoms. The van der Waals surface area contributed by atoms with E-state index in [1.54, 1.807) is 35.2 Å². The van der Waals surface area contributed by atoms with E-state index >= 15 is 0 Å². The number of nitrogens with zero attached hydrogens (tertiary/aromatic N) is 1. The molecule has 19 heavy (non-hydrogen) atoms. The number of ether oxygens (including phenoxy) is 1. The van der Waals surface area contributed by atoms with Gasteiger partial charge in [0.05, 0.1) is 15.9 Å². The molecule has 1 atom stereocenters. The van der Waals surface area contributed by atoms with Gasteiger partial charge in [0, 0.05) is 17.7 Å². The van der Waals surface area contributed by atoms with E-state index in [0.29, 0.717) is 0 Å². The lowest BCUT2D eigenvalue weighted by molar-refractivity contribution is -0.702. The second-order valence-electron chi connectivity index (χ2n) is 4.10. The third kappa shape index (κ3) is 6.12. The molecule has 0 aliphatic carbocycles. The molecule has 6 nitrogen and oxygen atoms in total. The first-order valence-corrected chi connectivity index (χ1v) is 7.10. The minimum Gasteiger partial charge on any atom is -0.748 e. The van der Waals surface area contributed by atoms with Gasteiger partial charge in [0.25, 0.3) is 0 Å². The van der Waals surface area contributed by atoms with E-state index in [1.165, 1.54) is 6.92 Å². The summed E-state index contributed by atoms with van der Waals surface area (Å²) in [6.45, 7) is 4.93. The molecule has 0 radical (unpaired) electrons. The standard InChI is InChI=1S/C12H15NO5S/c1-10(2)12(14)18-11(9-19(15,16)17)8-13-6-4-3-5-7-13/h3-7,11H,1,8-9H2,2H3. The van der Waals surface area contributed by atoms with Crippen molar-refractivity contribution >= 4 is 16.1 Å². The average molecular weight is 285 g/mol. The summed E-state index contributed by atoms with van der Waals surface area (Å²) in [7, 11) is -4.48. The van der Waals surface area contributed by atoms with Gasteiger partial charge in [-0.2, -0.15) is 0 Å².